The minimum Gasteiger partial charge on any atom is -0.378 e. The van der Waals surface area contributed by atoms with Gasteiger partial charge in [0.2, 0.25) is 17.8 Å². The van der Waals surface area contributed by atoms with Crippen LogP contribution in [0.1, 0.15) is 25.3 Å². The predicted octanol–water partition coefficient (Wildman–Crippen LogP) is 2.80. The maximum absolute atomic E-state index is 5.96. The van der Waals surface area contributed by atoms with Gasteiger partial charge in [0.1, 0.15) is 0 Å². The zero-order chi connectivity index (χ0) is 19.3. The normalized spacial score (nSPS) is 17.9. The Morgan fingerprint density at radius 3 is 2.21 bits per heavy atom. The molecule has 1 aromatic heterocycles. The summed E-state index contributed by atoms with van der Waals surface area (Å²) in [4.78, 5) is 18.2. The number of benzene rings is 1. The van der Waals surface area contributed by atoms with Gasteiger partial charge in [-0.15, -0.1) is 0 Å². The molecule has 0 spiro atoms. The van der Waals surface area contributed by atoms with Gasteiger partial charge < -0.3 is 14.5 Å². The first-order valence-corrected chi connectivity index (χ1v) is 9.97. The van der Waals surface area contributed by atoms with E-state index in [2.05, 4.69) is 30.3 Å². The number of hydrazone groups is 1. The third kappa shape index (κ3) is 4.51. The highest BCUT2D eigenvalue weighted by Gasteiger charge is 2.21. The highest BCUT2D eigenvalue weighted by atomic mass is 35.5. The standard InChI is InChI=1S/C19H24ClN7O/c1-14(15-4-6-16(20)7-5-15)24-25-17-21-18(26-8-2-3-9-26)23-19(22-17)27-10-12-28-13-11-27/h4-7H,2-3,8-13H2,1H3,(H,21,22,23,25)/b24-14-. The molecule has 0 aliphatic carbocycles. The zero-order valence-electron chi connectivity index (χ0n) is 15.9. The average molecular weight is 402 g/mol. The van der Waals surface area contributed by atoms with Crippen molar-refractivity contribution in [3.63, 3.8) is 0 Å². The molecule has 0 atom stereocenters. The molecule has 148 valence electrons. The van der Waals surface area contributed by atoms with Crippen molar-refractivity contribution in [1.29, 1.82) is 0 Å². The molecule has 9 heteroatoms. The smallest absolute Gasteiger partial charge is 0.250 e. The lowest BCUT2D eigenvalue weighted by atomic mass is 10.1. The largest absolute Gasteiger partial charge is 0.378 e. The van der Waals surface area contributed by atoms with Crippen molar-refractivity contribution < 1.29 is 4.74 Å². The van der Waals surface area contributed by atoms with E-state index in [0.717, 1.165) is 50.3 Å². The monoisotopic (exact) mass is 401 g/mol. The molecule has 28 heavy (non-hydrogen) atoms. The molecule has 1 aromatic carbocycles. The first kappa shape index (κ1) is 18.9. The summed E-state index contributed by atoms with van der Waals surface area (Å²) in [6, 6.07) is 7.57. The van der Waals surface area contributed by atoms with Gasteiger partial charge in [0, 0.05) is 31.2 Å². The van der Waals surface area contributed by atoms with Crippen molar-refractivity contribution >= 4 is 35.2 Å². The van der Waals surface area contributed by atoms with Gasteiger partial charge in [0.15, 0.2) is 0 Å². The molecule has 2 aliphatic heterocycles. The van der Waals surface area contributed by atoms with Crippen LogP contribution in [-0.2, 0) is 4.74 Å². The summed E-state index contributed by atoms with van der Waals surface area (Å²) in [7, 11) is 0. The zero-order valence-corrected chi connectivity index (χ0v) is 16.7. The minimum atomic E-state index is 0.451. The SMILES string of the molecule is C/C(=N/Nc1nc(N2CCCC2)nc(N2CCOCC2)n1)c1ccc(Cl)cc1. The van der Waals surface area contributed by atoms with Crippen LogP contribution in [0.4, 0.5) is 17.8 Å². The number of anilines is 3. The molecular weight excluding hydrogens is 378 g/mol. The Morgan fingerprint density at radius 1 is 0.964 bits per heavy atom. The molecule has 4 rings (SSSR count). The van der Waals surface area contributed by atoms with E-state index in [0.29, 0.717) is 36.1 Å². The fraction of sp³-hybridized carbons (Fsp3) is 0.474. The average Bonchev–Trinajstić information content (AvgIpc) is 3.28. The third-order valence-electron chi connectivity index (χ3n) is 4.88. The minimum absolute atomic E-state index is 0.451. The number of ether oxygens (including phenoxy) is 1. The van der Waals surface area contributed by atoms with Gasteiger partial charge in [-0.05, 0) is 37.5 Å². The molecule has 0 saturated carbocycles. The molecule has 0 radical (unpaired) electrons. The number of nitrogens with one attached hydrogen (secondary N) is 1. The molecule has 2 saturated heterocycles. The lowest BCUT2D eigenvalue weighted by Crippen LogP contribution is -2.38. The van der Waals surface area contributed by atoms with E-state index >= 15 is 0 Å². The van der Waals surface area contributed by atoms with Gasteiger partial charge in [-0.1, -0.05) is 23.7 Å². The van der Waals surface area contributed by atoms with E-state index in [9.17, 15) is 0 Å². The van der Waals surface area contributed by atoms with Gasteiger partial charge in [0.05, 0.1) is 18.9 Å². The second-order valence-electron chi connectivity index (χ2n) is 6.87. The lowest BCUT2D eigenvalue weighted by Gasteiger charge is -2.27. The highest BCUT2D eigenvalue weighted by molar-refractivity contribution is 6.30. The van der Waals surface area contributed by atoms with Crippen molar-refractivity contribution in [3.05, 3.63) is 34.9 Å². The van der Waals surface area contributed by atoms with Crippen LogP contribution in [0.15, 0.2) is 29.4 Å². The van der Waals surface area contributed by atoms with E-state index in [4.69, 9.17) is 21.3 Å². The van der Waals surface area contributed by atoms with E-state index < -0.39 is 0 Å². The van der Waals surface area contributed by atoms with Crippen molar-refractivity contribution in [3.8, 4) is 0 Å². The summed E-state index contributed by atoms with van der Waals surface area (Å²) in [6.45, 7) is 6.79. The van der Waals surface area contributed by atoms with Crippen LogP contribution < -0.4 is 15.2 Å². The number of rotatable bonds is 5. The van der Waals surface area contributed by atoms with Crippen LogP contribution in [-0.4, -0.2) is 60.1 Å². The van der Waals surface area contributed by atoms with Gasteiger partial charge in [-0.2, -0.15) is 20.1 Å². The van der Waals surface area contributed by atoms with Crippen LogP contribution in [0.25, 0.3) is 0 Å². The molecule has 0 amide bonds. The summed E-state index contributed by atoms with van der Waals surface area (Å²) >= 11 is 5.96. The van der Waals surface area contributed by atoms with Gasteiger partial charge in [0.25, 0.3) is 0 Å². The van der Waals surface area contributed by atoms with Crippen LogP contribution in [0, 0.1) is 0 Å². The molecule has 3 heterocycles. The molecule has 1 N–H and O–H groups in total. The van der Waals surface area contributed by atoms with E-state index in [-0.39, 0.29) is 0 Å². The second-order valence-corrected chi connectivity index (χ2v) is 7.30. The van der Waals surface area contributed by atoms with Crippen molar-refractivity contribution in [2.24, 2.45) is 5.10 Å². The van der Waals surface area contributed by atoms with Gasteiger partial charge in [-0.25, -0.2) is 5.43 Å². The topological polar surface area (TPSA) is 78.8 Å². The fourth-order valence-corrected chi connectivity index (χ4v) is 3.38. The Hall–Kier alpha value is -2.45. The van der Waals surface area contributed by atoms with Crippen molar-refractivity contribution in [2.45, 2.75) is 19.8 Å². The van der Waals surface area contributed by atoms with Crippen molar-refractivity contribution in [1.82, 2.24) is 15.0 Å². The van der Waals surface area contributed by atoms with E-state index in [1.807, 2.05) is 31.2 Å². The molecule has 8 nitrogen and oxygen atoms in total. The number of hydrogen-bond acceptors (Lipinski definition) is 8. The molecule has 0 unspecified atom stereocenters. The summed E-state index contributed by atoms with van der Waals surface area (Å²) < 4.78 is 5.45. The highest BCUT2D eigenvalue weighted by Crippen LogP contribution is 2.21. The Morgan fingerprint density at radius 2 is 1.57 bits per heavy atom. The summed E-state index contributed by atoms with van der Waals surface area (Å²) in [6.07, 6.45) is 2.32. The maximum Gasteiger partial charge on any atom is 0.250 e. The van der Waals surface area contributed by atoms with E-state index in [1.54, 1.807) is 0 Å². The van der Waals surface area contributed by atoms with Gasteiger partial charge >= 0.3 is 0 Å². The maximum atomic E-state index is 5.96. The Bertz CT molecular complexity index is 831. The molecule has 2 aliphatic rings. The summed E-state index contributed by atoms with van der Waals surface area (Å²) in [5.41, 5.74) is 4.82. The molecule has 0 bridgehead atoms. The van der Waals surface area contributed by atoms with Crippen LogP contribution in [0.2, 0.25) is 5.02 Å². The number of halogens is 1. The summed E-state index contributed by atoms with van der Waals surface area (Å²) in [5, 5.41) is 5.16. The lowest BCUT2D eigenvalue weighted by molar-refractivity contribution is 0.122. The van der Waals surface area contributed by atoms with Crippen molar-refractivity contribution in [2.75, 3.05) is 54.6 Å². The molecular formula is C19H24ClN7O. The fourth-order valence-electron chi connectivity index (χ4n) is 3.26. The quantitative estimate of drug-likeness (QED) is 0.609. The molecule has 2 aromatic rings. The molecule has 2 fully saturated rings. The predicted molar refractivity (Wildman–Crippen MR) is 112 cm³/mol. The third-order valence-corrected chi connectivity index (χ3v) is 5.13. The Labute approximate surface area is 169 Å². The van der Waals surface area contributed by atoms with Gasteiger partial charge in [-0.3, -0.25) is 0 Å². The second kappa shape index (κ2) is 8.70. The number of aromatic nitrogens is 3. The number of nitrogens with zero attached hydrogens (tertiary/aromatic N) is 6. The van der Waals surface area contributed by atoms with Crippen LogP contribution in [0.3, 0.4) is 0 Å². The van der Waals surface area contributed by atoms with E-state index in [1.165, 1.54) is 0 Å². The Balaban J connectivity index is 1.58. The first-order valence-electron chi connectivity index (χ1n) is 9.59. The van der Waals surface area contributed by atoms with Crippen LogP contribution >= 0.6 is 11.6 Å². The Kier molecular flexibility index (Phi) is 5.87. The number of morpholine rings is 1. The summed E-state index contributed by atoms with van der Waals surface area (Å²) in [5.74, 6) is 1.82. The first-order chi connectivity index (χ1) is 13.7. The van der Waals surface area contributed by atoms with Crippen LogP contribution in [0.5, 0.6) is 0 Å². The number of hydrogen-bond donors (Lipinski definition) is 1.